The first kappa shape index (κ1) is 34.5. The van der Waals surface area contributed by atoms with E-state index in [1.165, 1.54) is 12.0 Å². The Morgan fingerprint density at radius 1 is 1.00 bits per heavy atom. The zero-order valence-corrected chi connectivity index (χ0v) is 28.1. The fraction of sp³-hybridized carbons (Fsp3) is 0.474. The SMILES string of the molecule is COC[C@@H]1NC(=O)CC/C=C\[C@@H]2O[C@@]34C=CCN(Cc5ccccc5)C(=O)[C@@H]3N([C@@H](CO)C(C)C)C(=O)[C@H]4[C@@H]2C(=O)O[C@H]1c1ccccc1. The van der Waals surface area contributed by atoms with Crippen LogP contribution in [-0.2, 0) is 39.9 Å². The molecule has 2 aromatic rings. The zero-order chi connectivity index (χ0) is 34.7. The predicted molar refractivity (Wildman–Crippen MR) is 179 cm³/mol. The molecule has 49 heavy (non-hydrogen) atoms. The minimum atomic E-state index is -1.51. The van der Waals surface area contributed by atoms with Gasteiger partial charge < -0.3 is 34.4 Å². The quantitative estimate of drug-likeness (QED) is 0.323. The summed E-state index contributed by atoms with van der Waals surface area (Å²) in [5.74, 6) is -4.12. The van der Waals surface area contributed by atoms with Gasteiger partial charge in [-0.15, -0.1) is 0 Å². The first-order chi connectivity index (χ1) is 23.7. The monoisotopic (exact) mass is 671 g/mol. The van der Waals surface area contributed by atoms with Crippen molar-refractivity contribution < 1.29 is 38.5 Å². The van der Waals surface area contributed by atoms with E-state index in [4.69, 9.17) is 14.2 Å². The molecule has 11 heteroatoms. The van der Waals surface area contributed by atoms with Crippen molar-refractivity contribution in [3.63, 3.8) is 0 Å². The van der Waals surface area contributed by atoms with Gasteiger partial charge in [-0.05, 0) is 23.5 Å². The fourth-order valence-corrected chi connectivity index (χ4v) is 7.80. The molecule has 0 unspecified atom stereocenters. The summed E-state index contributed by atoms with van der Waals surface area (Å²) in [6.07, 6.45) is 5.78. The number of likely N-dealkylation sites (tertiary alicyclic amines) is 1. The minimum absolute atomic E-state index is 0.0716. The molecule has 8 atom stereocenters. The molecule has 11 nitrogen and oxygen atoms in total. The lowest BCUT2D eigenvalue weighted by Crippen LogP contribution is -2.59. The molecular formula is C38H45N3O8. The lowest BCUT2D eigenvalue weighted by Gasteiger charge is -2.40. The second kappa shape index (κ2) is 14.7. The van der Waals surface area contributed by atoms with Gasteiger partial charge in [0.2, 0.25) is 17.7 Å². The van der Waals surface area contributed by atoms with Crippen LogP contribution in [0.1, 0.15) is 43.9 Å². The summed E-state index contributed by atoms with van der Waals surface area (Å²) < 4.78 is 18.6. The van der Waals surface area contributed by atoms with Crippen molar-refractivity contribution in [2.75, 3.05) is 26.9 Å². The first-order valence-electron chi connectivity index (χ1n) is 17.0. The number of cyclic esters (lactones) is 1. The molecule has 0 aliphatic carbocycles. The number of hydrogen-bond acceptors (Lipinski definition) is 8. The number of rotatable bonds is 8. The number of carbonyl (C=O) groups is 4. The highest BCUT2D eigenvalue weighted by molar-refractivity contribution is 5.99. The van der Waals surface area contributed by atoms with Gasteiger partial charge in [-0.3, -0.25) is 19.2 Å². The molecule has 0 radical (unpaired) electrons. The van der Waals surface area contributed by atoms with Crippen molar-refractivity contribution in [3.05, 3.63) is 96.1 Å². The van der Waals surface area contributed by atoms with E-state index >= 15 is 0 Å². The number of ether oxygens (including phenoxy) is 3. The van der Waals surface area contributed by atoms with Gasteiger partial charge in [0.05, 0.1) is 37.3 Å². The summed E-state index contributed by atoms with van der Waals surface area (Å²) in [7, 11) is 1.51. The molecule has 260 valence electrons. The van der Waals surface area contributed by atoms with Crippen molar-refractivity contribution in [2.45, 2.75) is 69.2 Å². The lowest BCUT2D eigenvalue weighted by atomic mass is 9.77. The largest absolute Gasteiger partial charge is 0.455 e. The van der Waals surface area contributed by atoms with Crippen LogP contribution >= 0.6 is 0 Å². The summed E-state index contributed by atoms with van der Waals surface area (Å²) in [5.41, 5.74) is 0.0637. The fourth-order valence-electron chi connectivity index (χ4n) is 7.80. The number of esters is 1. The molecule has 4 aliphatic rings. The number of nitrogens with zero attached hydrogens (tertiary/aromatic N) is 2. The first-order valence-corrected chi connectivity index (χ1v) is 17.0. The van der Waals surface area contributed by atoms with E-state index in [0.29, 0.717) is 18.5 Å². The number of fused-ring (bicyclic) bond motifs is 2. The second-order valence-electron chi connectivity index (χ2n) is 13.6. The number of hydrogen-bond donors (Lipinski definition) is 2. The van der Waals surface area contributed by atoms with Crippen molar-refractivity contribution in [1.82, 2.24) is 15.1 Å². The molecule has 0 aromatic heterocycles. The van der Waals surface area contributed by atoms with E-state index in [-0.39, 0.29) is 43.9 Å². The molecule has 0 bridgehead atoms. The maximum atomic E-state index is 14.8. The van der Waals surface area contributed by atoms with Crippen LogP contribution in [0.3, 0.4) is 0 Å². The zero-order valence-electron chi connectivity index (χ0n) is 28.1. The van der Waals surface area contributed by atoms with Crippen molar-refractivity contribution in [1.29, 1.82) is 0 Å². The molecule has 2 fully saturated rings. The maximum absolute atomic E-state index is 14.8. The van der Waals surface area contributed by atoms with Crippen molar-refractivity contribution in [3.8, 4) is 0 Å². The van der Waals surface area contributed by atoms with Crippen LogP contribution in [0, 0.1) is 17.8 Å². The number of carbonyl (C=O) groups excluding carboxylic acids is 4. The Morgan fingerprint density at radius 2 is 1.71 bits per heavy atom. The van der Waals surface area contributed by atoms with Gasteiger partial charge >= 0.3 is 5.97 Å². The highest BCUT2D eigenvalue weighted by Gasteiger charge is 2.72. The van der Waals surface area contributed by atoms with Gasteiger partial charge in [-0.2, -0.15) is 0 Å². The Morgan fingerprint density at radius 3 is 2.39 bits per heavy atom. The Balaban J connectivity index is 1.45. The lowest BCUT2D eigenvalue weighted by molar-refractivity contribution is -0.163. The second-order valence-corrected chi connectivity index (χ2v) is 13.6. The number of aliphatic hydroxyl groups excluding tert-OH is 1. The predicted octanol–water partition coefficient (Wildman–Crippen LogP) is 2.95. The van der Waals surface area contributed by atoms with Crippen molar-refractivity contribution >= 4 is 23.7 Å². The summed E-state index contributed by atoms with van der Waals surface area (Å²) in [6, 6.07) is 16.1. The van der Waals surface area contributed by atoms with Gasteiger partial charge in [0.25, 0.3) is 0 Å². The average molecular weight is 672 g/mol. The number of benzene rings is 2. The van der Waals surface area contributed by atoms with Crippen LogP contribution in [0.2, 0.25) is 0 Å². The van der Waals surface area contributed by atoms with Gasteiger partial charge in [-0.1, -0.05) is 98.8 Å². The number of allylic oxidation sites excluding steroid dienone is 1. The summed E-state index contributed by atoms with van der Waals surface area (Å²) in [4.78, 5) is 60.3. The summed E-state index contributed by atoms with van der Waals surface area (Å²) >= 11 is 0. The Hall–Kier alpha value is -4.32. The standard InChI is InChI=1S/C38H45N3O8/c1-24(2)28(22-42)41-34-36(45)40(21-25-13-6-4-7-14-25)20-12-19-38(34)32(35(41)44)31-29(49-38)17-10-11-18-30(43)39-27(23-47-3)33(48-37(31)46)26-15-8-5-9-16-26/h4-10,12-17,19,24,27-29,31-34,42H,11,18,20-23H2,1-3H3,(H,39,43)/b17-10-/t27-,28-,29-,31+,32+,33-,34-,38+/m0/s1. The van der Waals surface area contributed by atoms with Gasteiger partial charge in [-0.25, -0.2) is 0 Å². The average Bonchev–Trinajstić information content (AvgIpc) is 3.48. The van der Waals surface area contributed by atoms with Crippen molar-refractivity contribution in [2.24, 2.45) is 17.8 Å². The van der Waals surface area contributed by atoms with E-state index in [2.05, 4.69) is 5.32 Å². The molecule has 0 saturated carbocycles. The molecule has 4 aliphatic heterocycles. The molecule has 2 saturated heterocycles. The van der Waals surface area contributed by atoms with E-state index in [0.717, 1.165) is 5.56 Å². The normalized spacial score (nSPS) is 31.5. The molecule has 2 aromatic carbocycles. The van der Waals surface area contributed by atoms with E-state index < -0.39 is 59.6 Å². The van der Waals surface area contributed by atoms with E-state index in [1.54, 1.807) is 23.1 Å². The van der Waals surface area contributed by atoms with Crippen LogP contribution in [0.15, 0.2) is 85.0 Å². The van der Waals surface area contributed by atoms with Crippen LogP contribution in [-0.4, -0.2) is 95.3 Å². The van der Waals surface area contributed by atoms with Gasteiger partial charge in [0.15, 0.2) is 0 Å². The third-order valence-electron chi connectivity index (χ3n) is 10.1. The number of nitrogens with one attached hydrogen (secondary N) is 1. The number of aliphatic hydroxyl groups is 1. The molecular weight excluding hydrogens is 626 g/mol. The third-order valence-corrected chi connectivity index (χ3v) is 10.1. The maximum Gasteiger partial charge on any atom is 0.313 e. The van der Waals surface area contributed by atoms with Crippen LogP contribution < -0.4 is 5.32 Å². The highest BCUT2D eigenvalue weighted by Crippen LogP contribution is 2.54. The smallest absolute Gasteiger partial charge is 0.313 e. The molecule has 6 rings (SSSR count). The van der Waals surface area contributed by atoms with Crippen LogP contribution in [0.5, 0.6) is 0 Å². The van der Waals surface area contributed by atoms with Gasteiger partial charge in [0.1, 0.15) is 23.7 Å². The Kier molecular flexibility index (Phi) is 10.3. The highest BCUT2D eigenvalue weighted by atomic mass is 16.6. The molecule has 2 N–H and O–H groups in total. The Labute approximate surface area is 286 Å². The molecule has 1 spiro atoms. The van der Waals surface area contributed by atoms with Crippen LogP contribution in [0.4, 0.5) is 0 Å². The summed E-state index contributed by atoms with van der Waals surface area (Å²) in [5, 5.41) is 13.6. The van der Waals surface area contributed by atoms with E-state index in [1.807, 2.05) is 80.6 Å². The van der Waals surface area contributed by atoms with Crippen LogP contribution in [0.25, 0.3) is 0 Å². The minimum Gasteiger partial charge on any atom is -0.455 e. The molecule has 3 amide bonds. The third kappa shape index (κ3) is 6.54. The Bertz CT molecular complexity index is 1580. The van der Waals surface area contributed by atoms with Gasteiger partial charge in [0, 0.05) is 26.6 Å². The summed E-state index contributed by atoms with van der Waals surface area (Å²) in [6.45, 7) is 4.06. The number of methoxy groups -OCH3 is 1. The number of amides is 3. The topological polar surface area (TPSA) is 135 Å². The van der Waals surface area contributed by atoms with E-state index in [9.17, 15) is 24.3 Å². The molecule has 4 heterocycles.